The Morgan fingerprint density at radius 1 is 1.23 bits per heavy atom. The van der Waals surface area contributed by atoms with Gasteiger partial charge in [0.25, 0.3) is 15.9 Å². The molecule has 1 N–H and O–H groups in total. The number of aryl methyl sites for hydroxylation is 2. The molecule has 0 aliphatic heterocycles. The molecule has 0 aliphatic rings. The minimum absolute atomic E-state index is 0.0803. The van der Waals surface area contributed by atoms with E-state index in [0.29, 0.717) is 15.7 Å². The summed E-state index contributed by atoms with van der Waals surface area (Å²) >= 11 is 4.45. The fourth-order valence-corrected chi connectivity index (χ4v) is 5.31. The molecule has 0 atom stereocenters. The molecule has 0 bridgehead atoms. The van der Waals surface area contributed by atoms with Gasteiger partial charge < -0.3 is 4.52 Å². The van der Waals surface area contributed by atoms with Crippen molar-refractivity contribution in [2.75, 3.05) is 4.72 Å². The molecule has 0 saturated carbocycles. The smallest absolute Gasteiger partial charge is 0.274 e. The van der Waals surface area contributed by atoms with Crippen LogP contribution in [0.15, 0.2) is 48.9 Å². The molecule has 0 aliphatic carbocycles. The van der Waals surface area contributed by atoms with Crippen LogP contribution in [-0.4, -0.2) is 13.6 Å². The average Bonchev–Trinajstić information content (AvgIpc) is 3.23. The first kappa shape index (κ1) is 19.1. The number of hydrogen-bond donors (Lipinski definition) is 1. The van der Waals surface area contributed by atoms with Crippen LogP contribution in [0, 0.1) is 6.92 Å². The number of nitrogens with one attached hydrogen (secondary N) is 1. The zero-order chi connectivity index (χ0) is 18.7. The number of nitrogens with zero attached hydrogens (tertiary/aromatic N) is 1. The number of halogens is 1. The van der Waals surface area contributed by atoms with Crippen LogP contribution in [0.3, 0.4) is 0 Å². The van der Waals surface area contributed by atoms with Crippen molar-refractivity contribution in [3.8, 4) is 11.1 Å². The molecular weight excluding hydrogens is 436 g/mol. The Kier molecular flexibility index (Phi) is 5.84. The van der Waals surface area contributed by atoms with Crippen molar-refractivity contribution in [3.05, 3.63) is 51.4 Å². The number of rotatable bonds is 7. The van der Waals surface area contributed by atoms with Crippen molar-refractivity contribution < 1.29 is 12.9 Å². The number of sulfonamides is 1. The number of unbranched alkanes of at least 4 members (excludes halogenated alkanes) is 1. The molecule has 1 aromatic carbocycles. The SMILES string of the molecule is CCCCc1ccc(-c2ccsc2S(=O)(=O)Nc2onc(C)c2Br)cc1. The van der Waals surface area contributed by atoms with Gasteiger partial charge >= 0.3 is 0 Å². The van der Waals surface area contributed by atoms with E-state index in [1.807, 2.05) is 18.2 Å². The lowest BCUT2D eigenvalue weighted by atomic mass is 10.0. The minimum Gasteiger partial charge on any atom is -0.336 e. The molecule has 0 fully saturated rings. The van der Waals surface area contributed by atoms with Crippen LogP contribution in [-0.2, 0) is 16.4 Å². The molecular formula is C18H19BrN2O3S2. The van der Waals surface area contributed by atoms with E-state index >= 15 is 0 Å². The summed E-state index contributed by atoms with van der Waals surface area (Å²) in [6.45, 7) is 3.89. The number of aromatic nitrogens is 1. The molecule has 2 heterocycles. The second kappa shape index (κ2) is 7.94. The Morgan fingerprint density at radius 2 is 1.96 bits per heavy atom. The van der Waals surface area contributed by atoms with E-state index in [2.05, 4.69) is 44.9 Å². The quantitative estimate of drug-likeness (QED) is 0.502. The molecule has 138 valence electrons. The van der Waals surface area contributed by atoms with E-state index in [1.165, 1.54) is 16.9 Å². The van der Waals surface area contributed by atoms with Gasteiger partial charge in [0.1, 0.15) is 8.68 Å². The van der Waals surface area contributed by atoms with E-state index in [4.69, 9.17) is 4.52 Å². The summed E-state index contributed by atoms with van der Waals surface area (Å²) in [4.78, 5) is 0. The van der Waals surface area contributed by atoms with Gasteiger partial charge in [-0.2, -0.15) is 0 Å². The number of thiophene rings is 1. The highest BCUT2D eigenvalue weighted by Crippen LogP contribution is 2.35. The lowest BCUT2D eigenvalue weighted by molar-refractivity contribution is 0.430. The van der Waals surface area contributed by atoms with Gasteiger partial charge in [-0.25, -0.2) is 13.1 Å². The fourth-order valence-electron chi connectivity index (χ4n) is 2.54. The van der Waals surface area contributed by atoms with Crippen molar-refractivity contribution >= 4 is 43.2 Å². The fraction of sp³-hybridized carbons (Fsp3) is 0.278. The number of anilines is 1. The first-order chi connectivity index (χ1) is 12.4. The third-order valence-corrected chi connectivity index (χ3v) is 7.72. The monoisotopic (exact) mass is 454 g/mol. The van der Waals surface area contributed by atoms with Crippen LogP contribution in [0.25, 0.3) is 11.1 Å². The van der Waals surface area contributed by atoms with E-state index in [-0.39, 0.29) is 10.1 Å². The summed E-state index contributed by atoms with van der Waals surface area (Å²) in [6.07, 6.45) is 3.33. The highest BCUT2D eigenvalue weighted by Gasteiger charge is 2.24. The van der Waals surface area contributed by atoms with Gasteiger partial charge in [0.2, 0.25) is 0 Å². The maximum absolute atomic E-state index is 12.8. The molecule has 5 nitrogen and oxygen atoms in total. The van der Waals surface area contributed by atoms with Crippen LogP contribution >= 0.6 is 27.3 Å². The zero-order valence-electron chi connectivity index (χ0n) is 14.5. The lowest BCUT2D eigenvalue weighted by Gasteiger charge is -2.08. The summed E-state index contributed by atoms with van der Waals surface area (Å²) in [5.41, 5.74) is 3.39. The third-order valence-electron chi connectivity index (χ3n) is 3.98. The van der Waals surface area contributed by atoms with Crippen LogP contribution in [0.1, 0.15) is 31.0 Å². The van der Waals surface area contributed by atoms with Crippen molar-refractivity contribution in [1.82, 2.24) is 5.16 Å². The topological polar surface area (TPSA) is 72.2 Å². The third kappa shape index (κ3) is 4.02. The molecule has 0 saturated heterocycles. The normalized spacial score (nSPS) is 11.7. The Morgan fingerprint density at radius 3 is 2.58 bits per heavy atom. The largest absolute Gasteiger partial charge is 0.336 e. The summed E-state index contributed by atoms with van der Waals surface area (Å²) in [7, 11) is -3.78. The molecule has 2 aromatic heterocycles. The highest BCUT2D eigenvalue weighted by atomic mass is 79.9. The van der Waals surface area contributed by atoms with Gasteiger partial charge in [0.05, 0.1) is 5.69 Å². The van der Waals surface area contributed by atoms with Gasteiger partial charge in [-0.05, 0) is 58.3 Å². The maximum Gasteiger partial charge on any atom is 0.274 e. The second-order valence-corrected chi connectivity index (χ2v) is 9.53. The summed E-state index contributed by atoms with van der Waals surface area (Å²) in [5.74, 6) is 0.0803. The predicted molar refractivity (Wildman–Crippen MR) is 108 cm³/mol. The Balaban J connectivity index is 1.89. The van der Waals surface area contributed by atoms with Gasteiger partial charge in [-0.3, -0.25) is 0 Å². The molecule has 26 heavy (non-hydrogen) atoms. The molecule has 0 spiro atoms. The Bertz CT molecular complexity index is 992. The molecule has 3 rings (SSSR count). The molecule has 3 aromatic rings. The minimum atomic E-state index is -3.78. The van der Waals surface area contributed by atoms with E-state index in [9.17, 15) is 8.42 Å². The van der Waals surface area contributed by atoms with Gasteiger partial charge in [0, 0.05) is 5.56 Å². The molecule has 8 heteroatoms. The zero-order valence-corrected chi connectivity index (χ0v) is 17.7. The maximum atomic E-state index is 12.8. The van der Waals surface area contributed by atoms with Crippen LogP contribution < -0.4 is 4.72 Å². The standard InChI is InChI=1S/C18H19BrN2O3S2/c1-3-4-5-13-6-8-14(9-7-13)15-10-11-25-18(15)26(22,23)21-17-16(19)12(2)20-24-17/h6-11,21H,3-5H2,1-2H3. The predicted octanol–water partition coefficient (Wildman–Crippen LogP) is 5.62. The van der Waals surface area contributed by atoms with Crippen molar-refractivity contribution in [2.45, 2.75) is 37.3 Å². The highest BCUT2D eigenvalue weighted by molar-refractivity contribution is 9.10. The van der Waals surface area contributed by atoms with Gasteiger partial charge in [-0.15, -0.1) is 11.3 Å². The number of hydrogen-bond acceptors (Lipinski definition) is 5. The second-order valence-electron chi connectivity index (χ2n) is 5.94. The van der Waals surface area contributed by atoms with Crippen LogP contribution in [0.4, 0.5) is 5.88 Å². The summed E-state index contributed by atoms with van der Waals surface area (Å²) in [6, 6.07) is 9.88. The molecule has 0 unspecified atom stereocenters. The van der Waals surface area contributed by atoms with E-state index in [0.717, 1.165) is 24.8 Å². The molecule has 0 radical (unpaired) electrons. The number of benzene rings is 1. The van der Waals surface area contributed by atoms with Crippen molar-refractivity contribution in [3.63, 3.8) is 0 Å². The van der Waals surface area contributed by atoms with Crippen LogP contribution in [0.5, 0.6) is 0 Å². The first-order valence-corrected chi connectivity index (χ1v) is 11.4. The van der Waals surface area contributed by atoms with Crippen molar-refractivity contribution in [2.24, 2.45) is 0 Å². The van der Waals surface area contributed by atoms with E-state index < -0.39 is 10.0 Å². The van der Waals surface area contributed by atoms with Crippen LogP contribution in [0.2, 0.25) is 0 Å². The first-order valence-electron chi connectivity index (χ1n) is 8.23. The van der Waals surface area contributed by atoms with Gasteiger partial charge in [-0.1, -0.05) is 42.8 Å². The lowest BCUT2D eigenvalue weighted by Crippen LogP contribution is -2.12. The van der Waals surface area contributed by atoms with Gasteiger partial charge in [0.15, 0.2) is 0 Å². The summed E-state index contributed by atoms with van der Waals surface area (Å²) < 4.78 is 33.9. The Labute approximate surface area is 165 Å². The Hall–Kier alpha value is -1.64. The summed E-state index contributed by atoms with van der Waals surface area (Å²) in [5, 5.41) is 5.52. The van der Waals surface area contributed by atoms with E-state index in [1.54, 1.807) is 12.3 Å². The van der Waals surface area contributed by atoms with Crippen molar-refractivity contribution in [1.29, 1.82) is 0 Å². The molecule has 0 amide bonds. The average molecular weight is 455 g/mol.